The highest BCUT2D eigenvalue weighted by Crippen LogP contribution is 2.56. The molecule has 2 amide bonds. The predicted octanol–water partition coefficient (Wildman–Crippen LogP) is 4.28. The number of aromatic nitrogens is 1. The van der Waals surface area contributed by atoms with E-state index in [1.54, 1.807) is 6.07 Å². The third-order valence-corrected chi connectivity index (χ3v) is 5.30. The Bertz CT molecular complexity index is 620. The summed E-state index contributed by atoms with van der Waals surface area (Å²) in [6.07, 6.45) is -2.30. The normalized spacial score (nSPS) is 23.0. The maximum absolute atomic E-state index is 13.3. The largest absolute Gasteiger partial charge is 0.392 e. The van der Waals surface area contributed by atoms with Crippen molar-refractivity contribution in [2.45, 2.75) is 45.7 Å². The van der Waals surface area contributed by atoms with Crippen LogP contribution < -0.4 is 5.32 Å². The van der Waals surface area contributed by atoms with E-state index >= 15 is 0 Å². The molecule has 2 aliphatic rings. The molecule has 1 N–H and O–H groups in total. The smallest absolute Gasteiger partial charge is 0.324 e. The minimum atomic E-state index is -4.18. The number of pyridine rings is 1. The molecule has 1 spiro atoms. The van der Waals surface area contributed by atoms with Crippen molar-refractivity contribution in [3.8, 4) is 0 Å². The quantitative estimate of drug-likeness (QED) is 0.828. The topological polar surface area (TPSA) is 45.2 Å². The molecular weight excluding hydrogens is 319 g/mol. The van der Waals surface area contributed by atoms with Gasteiger partial charge in [0, 0.05) is 18.8 Å². The standard InChI is InChI=1S/C17H22F3N3O/c1-11-8-12(2)21-14(9-11)22-15(24)23-7-4-13(17(18,19)20)16(10-23)5-3-6-16/h8-9,13H,3-7,10H2,1-2H3,(H,21,22,24). The number of nitrogens with zero attached hydrogens (tertiary/aromatic N) is 2. The maximum atomic E-state index is 13.3. The molecule has 4 nitrogen and oxygen atoms in total. The number of amides is 2. The second-order valence-electron chi connectivity index (χ2n) is 7.12. The molecule has 1 unspecified atom stereocenters. The SMILES string of the molecule is Cc1cc(C)nc(NC(=O)N2CCC(C(F)(F)F)C3(CCC3)C2)c1. The van der Waals surface area contributed by atoms with E-state index in [-0.39, 0.29) is 25.5 Å². The average Bonchev–Trinajstić information content (AvgIpc) is 2.42. The number of carbonyl (C=O) groups excluding carboxylic acids is 1. The van der Waals surface area contributed by atoms with Gasteiger partial charge in [-0.05, 0) is 56.2 Å². The van der Waals surface area contributed by atoms with Crippen LogP contribution in [0, 0.1) is 25.2 Å². The number of hydrogen-bond donors (Lipinski definition) is 1. The third-order valence-electron chi connectivity index (χ3n) is 5.30. The highest BCUT2D eigenvalue weighted by molar-refractivity contribution is 5.88. The molecule has 1 aliphatic carbocycles. The van der Waals surface area contributed by atoms with Crippen LogP contribution in [-0.2, 0) is 0 Å². The van der Waals surface area contributed by atoms with E-state index in [9.17, 15) is 18.0 Å². The van der Waals surface area contributed by atoms with Crippen LogP contribution in [0.2, 0.25) is 0 Å². The van der Waals surface area contributed by atoms with Crippen LogP contribution in [0.1, 0.15) is 36.9 Å². The molecule has 24 heavy (non-hydrogen) atoms. The third kappa shape index (κ3) is 3.21. The van der Waals surface area contributed by atoms with Gasteiger partial charge in [-0.3, -0.25) is 5.32 Å². The summed E-state index contributed by atoms with van der Waals surface area (Å²) in [5.41, 5.74) is 0.977. The van der Waals surface area contributed by atoms with E-state index in [1.807, 2.05) is 19.9 Å². The number of hydrogen-bond acceptors (Lipinski definition) is 2. The minimum absolute atomic E-state index is 0.0167. The summed E-state index contributed by atoms with van der Waals surface area (Å²) < 4.78 is 39.9. The first kappa shape index (κ1) is 17.0. The molecule has 2 fully saturated rings. The Morgan fingerprint density at radius 2 is 2.04 bits per heavy atom. The van der Waals surface area contributed by atoms with Crippen molar-refractivity contribution >= 4 is 11.8 Å². The van der Waals surface area contributed by atoms with Gasteiger partial charge >= 0.3 is 12.2 Å². The fourth-order valence-corrected chi connectivity index (χ4v) is 4.08. The fourth-order valence-electron chi connectivity index (χ4n) is 4.08. The van der Waals surface area contributed by atoms with Crippen LogP contribution >= 0.6 is 0 Å². The van der Waals surface area contributed by atoms with Crippen LogP contribution in [-0.4, -0.2) is 35.2 Å². The van der Waals surface area contributed by atoms with Crippen LogP contribution in [0.4, 0.5) is 23.8 Å². The van der Waals surface area contributed by atoms with Crippen molar-refractivity contribution < 1.29 is 18.0 Å². The van der Waals surface area contributed by atoms with E-state index in [0.717, 1.165) is 17.7 Å². The van der Waals surface area contributed by atoms with Gasteiger partial charge in [0.05, 0.1) is 5.92 Å². The van der Waals surface area contributed by atoms with Crippen LogP contribution in [0.15, 0.2) is 12.1 Å². The molecular formula is C17H22F3N3O. The van der Waals surface area contributed by atoms with E-state index in [0.29, 0.717) is 18.7 Å². The molecule has 0 bridgehead atoms. The van der Waals surface area contributed by atoms with Crippen molar-refractivity contribution in [3.05, 3.63) is 23.4 Å². The lowest BCUT2D eigenvalue weighted by molar-refractivity contribution is -0.234. The Morgan fingerprint density at radius 3 is 2.58 bits per heavy atom. The number of carbonyl (C=O) groups is 1. The van der Waals surface area contributed by atoms with Crippen molar-refractivity contribution in [3.63, 3.8) is 0 Å². The molecule has 1 aromatic heterocycles. The Balaban J connectivity index is 1.71. The minimum Gasteiger partial charge on any atom is -0.324 e. The molecule has 132 valence electrons. The van der Waals surface area contributed by atoms with Crippen LogP contribution in [0.3, 0.4) is 0 Å². The monoisotopic (exact) mass is 341 g/mol. The number of rotatable bonds is 1. The Hall–Kier alpha value is -1.79. The van der Waals surface area contributed by atoms with E-state index in [2.05, 4.69) is 10.3 Å². The summed E-state index contributed by atoms with van der Waals surface area (Å²) in [6.45, 7) is 4.04. The molecule has 1 aromatic rings. The number of piperidine rings is 1. The summed E-state index contributed by atoms with van der Waals surface area (Å²) in [7, 11) is 0. The summed E-state index contributed by atoms with van der Waals surface area (Å²) in [5.74, 6) is -0.847. The molecule has 1 aliphatic heterocycles. The Kier molecular flexibility index (Phi) is 4.21. The van der Waals surface area contributed by atoms with Gasteiger partial charge in [-0.25, -0.2) is 9.78 Å². The highest BCUT2D eigenvalue weighted by Gasteiger charge is 2.58. The first-order chi connectivity index (χ1) is 11.2. The van der Waals surface area contributed by atoms with E-state index in [4.69, 9.17) is 0 Å². The fraction of sp³-hybridized carbons (Fsp3) is 0.647. The number of halogens is 3. The summed E-state index contributed by atoms with van der Waals surface area (Å²) in [5, 5.41) is 2.73. The van der Waals surface area contributed by atoms with Gasteiger partial charge in [0.2, 0.25) is 0 Å². The summed E-state index contributed by atoms with van der Waals surface area (Å²) in [4.78, 5) is 18.2. The zero-order valence-electron chi connectivity index (χ0n) is 13.9. The van der Waals surface area contributed by atoms with Gasteiger partial charge in [-0.2, -0.15) is 13.2 Å². The van der Waals surface area contributed by atoms with Crippen molar-refractivity contribution in [1.29, 1.82) is 0 Å². The average molecular weight is 341 g/mol. The number of likely N-dealkylation sites (tertiary alicyclic amines) is 1. The van der Waals surface area contributed by atoms with Crippen molar-refractivity contribution in [2.75, 3.05) is 18.4 Å². The van der Waals surface area contributed by atoms with E-state index in [1.165, 1.54) is 4.90 Å². The highest BCUT2D eigenvalue weighted by atomic mass is 19.4. The summed E-state index contributed by atoms with van der Waals surface area (Å²) in [6, 6.07) is 3.29. The second kappa shape index (κ2) is 5.93. The van der Waals surface area contributed by atoms with Crippen molar-refractivity contribution in [1.82, 2.24) is 9.88 Å². The molecule has 3 rings (SSSR count). The number of aryl methyl sites for hydroxylation is 2. The molecule has 1 atom stereocenters. The van der Waals surface area contributed by atoms with Gasteiger partial charge in [0.1, 0.15) is 5.82 Å². The molecule has 2 heterocycles. The van der Waals surface area contributed by atoms with E-state index < -0.39 is 17.5 Å². The van der Waals surface area contributed by atoms with Gasteiger partial charge in [0.15, 0.2) is 0 Å². The number of nitrogens with one attached hydrogen (secondary N) is 1. The second-order valence-corrected chi connectivity index (χ2v) is 7.12. The molecule has 7 heteroatoms. The predicted molar refractivity (Wildman–Crippen MR) is 84.7 cm³/mol. The van der Waals surface area contributed by atoms with Gasteiger partial charge in [-0.1, -0.05) is 6.42 Å². The number of alkyl halides is 3. The molecule has 0 radical (unpaired) electrons. The Morgan fingerprint density at radius 1 is 1.33 bits per heavy atom. The lowest BCUT2D eigenvalue weighted by Crippen LogP contribution is -2.58. The lowest BCUT2D eigenvalue weighted by atomic mass is 9.58. The van der Waals surface area contributed by atoms with Crippen LogP contribution in [0.5, 0.6) is 0 Å². The van der Waals surface area contributed by atoms with Gasteiger partial charge in [0.25, 0.3) is 0 Å². The molecule has 0 aromatic carbocycles. The molecule has 1 saturated carbocycles. The summed E-state index contributed by atoms with van der Waals surface area (Å²) >= 11 is 0. The number of urea groups is 1. The number of anilines is 1. The first-order valence-corrected chi connectivity index (χ1v) is 8.28. The van der Waals surface area contributed by atoms with Crippen molar-refractivity contribution in [2.24, 2.45) is 11.3 Å². The van der Waals surface area contributed by atoms with Gasteiger partial charge < -0.3 is 4.90 Å². The zero-order valence-corrected chi connectivity index (χ0v) is 13.9. The molecule has 1 saturated heterocycles. The van der Waals surface area contributed by atoms with Gasteiger partial charge in [-0.15, -0.1) is 0 Å². The first-order valence-electron chi connectivity index (χ1n) is 8.28. The maximum Gasteiger partial charge on any atom is 0.392 e. The zero-order chi connectivity index (χ0) is 17.5. The lowest BCUT2D eigenvalue weighted by Gasteiger charge is -2.53. The Labute approximate surface area is 139 Å². The van der Waals surface area contributed by atoms with Crippen LogP contribution in [0.25, 0.3) is 0 Å².